The average molecular weight is 552 g/mol. The summed E-state index contributed by atoms with van der Waals surface area (Å²) in [5.41, 5.74) is 1.02. The van der Waals surface area contributed by atoms with Gasteiger partial charge in [0.15, 0.2) is 17.7 Å². The molecule has 0 bridgehead atoms. The quantitative estimate of drug-likeness (QED) is 0.0754. The van der Waals surface area contributed by atoms with Crippen LogP contribution in [0.2, 0.25) is 0 Å². The summed E-state index contributed by atoms with van der Waals surface area (Å²) in [6.07, 6.45) is 12.9. The Hall–Kier alpha value is -3.32. The molecule has 0 aromatic heterocycles. The summed E-state index contributed by atoms with van der Waals surface area (Å²) in [6.45, 7) is 2.59. The Bertz CT molecular complexity index is 1050. The Morgan fingerprint density at radius 2 is 1.30 bits per heavy atom. The van der Waals surface area contributed by atoms with Gasteiger partial charge in [-0.25, -0.2) is 4.79 Å². The van der Waals surface area contributed by atoms with E-state index < -0.39 is 36.0 Å². The van der Waals surface area contributed by atoms with E-state index in [0.717, 1.165) is 19.3 Å². The van der Waals surface area contributed by atoms with E-state index in [0.29, 0.717) is 23.4 Å². The van der Waals surface area contributed by atoms with E-state index in [2.05, 4.69) is 12.2 Å². The Balaban J connectivity index is 1.69. The first-order valence-corrected chi connectivity index (χ1v) is 14.7. The zero-order chi connectivity index (χ0) is 29.0. The fourth-order valence-corrected chi connectivity index (χ4v) is 4.48. The van der Waals surface area contributed by atoms with Gasteiger partial charge in [-0.3, -0.25) is 14.4 Å². The fourth-order valence-electron chi connectivity index (χ4n) is 4.48. The average Bonchev–Trinajstić information content (AvgIpc) is 2.96. The van der Waals surface area contributed by atoms with Crippen LogP contribution in [0.15, 0.2) is 54.6 Å². The first-order valence-electron chi connectivity index (χ1n) is 14.7. The number of methoxy groups -OCH3 is 1. The highest BCUT2D eigenvalue weighted by atomic mass is 16.5. The van der Waals surface area contributed by atoms with E-state index in [1.807, 2.05) is 0 Å². The first-order chi connectivity index (χ1) is 19.5. The van der Waals surface area contributed by atoms with Crippen molar-refractivity contribution < 1.29 is 28.7 Å². The smallest absolute Gasteiger partial charge is 0.338 e. The van der Waals surface area contributed by atoms with Gasteiger partial charge >= 0.3 is 5.97 Å². The number of rotatable bonds is 21. The number of esters is 1. The van der Waals surface area contributed by atoms with Crippen LogP contribution in [0, 0.1) is 0 Å². The Morgan fingerprint density at radius 3 is 1.90 bits per heavy atom. The summed E-state index contributed by atoms with van der Waals surface area (Å²) in [7, 11) is 1.23. The van der Waals surface area contributed by atoms with E-state index in [-0.39, 0.29) is 0 Å². The highest BCUT2D eigenvalue weighted by Gasteiger charge is 2.28. The van der Waals surface area contributed by atoms with Crippen LogP contribution < -0.4 is 5.32 Å². The lowest BCUT2D eigenvalue weighted by molar-refractivity contribution is -0.138. The van der Waals surface area contributed by atoms with Crippen molar-refractivity contribution >= 4 is 29.1 Å². The van der Waals surface area contributed by atoms with Gasteiger partial charge in [-0.2, -0.15) is 0 Å². The van der Waals surface area contributed by atoms with Gasteiger partial charge in [0.1, 0.15) is 0 Å². The van der Waals surface area contributed by atoms with E-state index in [4.69, 9.17) is 9.47 Å². The number of nitrogens with one attached hydrogen (secondary N) is 1. The van der Waals surface area contributed by atoms with Gasteiger partial charge in [0.05, 0.1) is 18.6 Å². The molecule has 0 heterocycles. The fraction of sp³-hybridized carbons (Fsp3) is 0.515. The molecule has 7 nitrogen and oxygen atoms in total. The molecule has 1 unspecified atom stereocenters. The van der Waals surface area contributed by atoms with E-state index in [1.165, 1.54) is 71.0 Å². The van der Waals surface area contributed by atoms with Crippen LogP contribution in [0.3, 0.4) is 0 Å². The number of ether oxygens (including phenoxy) is 2. The lowest BCUT2D eigenvalue weighted by atomic mass is 10.0. The van der Waals surface area contributed by atoms with E-state index in [1.54, 1.807) is 48.5 Å². The predicted octanol–water partition coefficient (Wildman–Crippen LogP) is 7.34. The van der Waals surface area contributed by atoms with Crippen molar-refractivity contribution in [1.29, 1.82) is 0 Å². The van der Waals surface area contributed by atoms with Crippen LogP contribution in [-0.4, -0.2) is 43.3 Å². The number of hydrogen-bond donors (Lipinski definition) is 1. The van der Waals surface area contributed by atoms with Crippen molar-refractivity contribution in [3.05, 3.63) is 65.7 Å². The second-order valence-corrected chi connectivity index (χ2v) is 10.1. The normalized spacial score (nSPS) is 11.6. The number of amides is 1. The molecule has 0 fully saturated rings. The maximum absolute atomic E-state index is 12.7. The Morgan fingerprint density at radius 1 is 0.725 bits per heavy atom. The lowest BCUT2D eigenvalue weighted by Crippen LogP contribution is -2.37. The van der Waals surface area contributed by atoms with Gasteiger partial charge in [-0.15, -0.1) is 0 Å². The minimum absolute atomic E-state index is 0.302. The van der Waals surface area contributed by atoms with Crippen LogP contribution in [0.25, 0.3) is 0 Å². The number of Topliss-reactive ketones (excluding diaryl/α,β-unsaturated/α-hetero) is 2. The number of benzene rings is 2. The third kappa shape index (κ3) is 12.7. The molecule has 7 heteroatoms. The third-order valence-electron chi connectivity index (χ3n) is 6.79. The molecule has 0 spiro atoms. The third-order valence-corrected chi connectivity index (χ3v) is 6.79. The zero-order valence-corrected chi connectivity index (χ0v) is 24.1. The summed E-state index contributed by atoms with van der Waals surface area (Å²) in [5.74, 6) is -2.22. The van der Waals surface area contributed by atoms with Crippen LogP contribution in [0.1, 0.15) is 111 Å². The molecule has 218 valence electrons. The molecule has 1 atom stereocenters. The van der Waals surface area contributed by atoms with Crippen molar-refractivity contribution in [1.82, 2.24) is 0 Å². The van der Waals surface area contributed by atoms with Gasteiger partial charge in [0, 0.05) is 18.4 Å². The first kappa shape index (κ1) is 32.9. The van der Waals surface area contributed by atoms with E-state index >= 15 is 0 Å². The number of hydrogen-bond acceptors (Lipinski definition) is 6. The number of anilines is 1. The molecule has 1 amide bonds. The molecular formula is C33H45NO6. The predicted molar refractivity (Wildman–Crippen MR) is 158 cm³/mol. The molecule has 1 N–H and O–H groups in total. The number of carbonyl (C=O) groups excluding carboxylic acids is 4. The van der Waals surface area contributed by atoms with Crippen LogP contribution in [0.5, 0.6) is 0 Å². The van der Waals surface area contributed by atoms with Gasteiger partial charge < -0.3 is 14.8 Å². The molecule has 0 saturated carbocycles. The molecule has 2 aromatic carbocycles. The van der Waals surface area contributed by atoms with Crippen molar-refractivity contribution in [3.63, 3.8) is 0 Å². The van der Waals surface area contributed by atoms with Crippen molar-refractivity contribution in [2.75, 3.05) is 19.0 Å². The second kappa shape index (κ2) is 19.7. The molecule has 0 aliphatic carbocycles. The number of carbonyl (C=O) groups is 4. The van der Waals surface area contributed by atoms with Crippen molar-refractivity contribution in [2.45, 2.75) is 96.5 Å². The molecule has 0 aliphatic heterocycles. The van der Waals surface area contributed by atoms with Crippen LogP contribution >= 0.6 is 0 Å². The summed E-state index contributed by atoms with van der Waals surface area (Å²) < 4.78 is 10.5. The van der Waals surface area contributed by atoms with Gasteiger partial charge in [-0.1, -0.05) is 114 Å². The topological polar surface area (TPSA) is 98.8 Å². The van der Waals surface area contributed by atoms with Gasteiger partial charge in [-0.05, 0) is 24.6 Å². The summed E-state index contributed by atoms with van der Waals surface area (Å²) in [4.78, 5) is 50.1. The number of ketones is 2. The minimum Gasteiger partial charge on any atom is -0.462 e. The molecule has 0 aliphatic rings. The van der Waals surface area contributed by atoms with Gasteiger partial charge in [0.25, 0.3) is 5.91 Å². The van der Waals surface area contributed by atoms with Crippen molar-refractivity contribution in [2.24, 2.45) is 0 Å². The van der Waals surface area contributed by atoms with Gasteiger partial charge in [0.2, 0.25) is 0 Å². The molecule has 2 aromatic rings. The lowest BCUT2D eigenvalue weighted by Gasteiger charge is -2.14. The maximum Gasteiger partial charge on any atom is 0.338 e. The minimum atomic E-state index is -1.45. The molecule has 40 heavy (non-hydrogen) atoms. The monoisotopic (exact) mass is 551 g/mol. The van der Waals surface area contributed by atoms with Crippen LogP contribution in [0.4, 0.5) is 5.69 Å². The highest BCUT2D eigenvalue weighted by molar-refractivity contribution is 6.17. The summed E-state index contributed by atoms with van der Waals surface area (Å²) in [6, 6.07) is 14.7. The molecule has 2 rings (SSSR count). The molecule has 0 radical (unpaired) electrons. The van der Waals surface area contributed by atoms with Crippen LogP contribution in [-0.2, 0) is 19.1 Å². The zero-order valence-electron chi connectivity index (χ0n) is 24.1. The standard InChI is InChI=1S/C33H45NO6/c1-3-4-5-6-7-8-9-10-11-12-13-17-23-40-33(38)27-21-18-22-28(24-27)34-32(37)31(39-2)30(36)25-29(35)26-19-15-14-16-20-26/h14-16,18-22,24,31H,3-13,17,23,25H2,1-2H3,(H,34,37). The van der Waals surface area contributed by atoms with Crippen molar-refractivity contribution in [3.8, 4) is 0 Å². The Kier molecular flexibility index (Phi) is 16.2. The summed E-state index contributed by atoms with van der Waals surface area (Å²) in [5, 5.41) is 2.60. The molecular weight excluding hydrogens is 506 g/mol. The Labute approximate surface area is 239 Å². The summed E-state index contributed by atoms with van der Waals surface area (Å²) >= 11 is 0. The highest BCUT2D eigenvalue weighted by Crippen LogP contribution is 2.15. The van der Waals surface area contributed by atoms with E-state index in [9.17, 15) is 19.2 Å². The maximum atomic E-state index is 12.7. The molecule has 0 saturated heterocycles. The second-order valence-electron chi connectivity index (χ2n) is 10.1. The largest absolute Gasteiger partial charge is 0.462 e. The number of unbranched alkanes of at least 4 members (excludes halogenated alkanes) is 11. The SMILES string of the molecule is CCCCCCCCCCCCCCOC(=O)c1cccc(NC(=O)C(OC)C(=O)CC(=O)c2ccccc2)c1.